The fraction of sp³-hybridized carbons (Fsp3) is 0.579. The van der Waals surface area contributed by atoms with E-state index >= 15 is 0 Å². The summed E-state index contributed by atoms with van der Waals surface area (Å²) in [5, 5.41) is 0. The molecule has 1 aromatic rings. The number of carbonyl (C=O) groups excluding carboxylic acids is 2. The van der Waals surface area contributed by atoms with Crippen LogP contribution in [0.15, 0.2) is 24.3 Å². The maximum Gasteiger partial charge on any atom is 0.232 e. The Balaban J connectivity index is 1.46. The second-order valence-electron chi connectivity index (χ2n) is 7.08. The first-order valence-electron chi connectivity index (χ1n) is 9.09. The summed E-state index contributed by atoms with van der Waals surface area (Å²) in [6.07, 6.45) is 2.03. The van der Waals surface area contributed by atoms with E-state index in [1.54, 1.807) is 17.0 Å². The number of nitrogens with zero attached hydrogens (tertiary/aromatic N) is 3. The van der Waals surface area contributed by atoms with Crippen molar-refractivity contribution in [2.75, 3.05) is 44.2 Å². The minimum Gasteiger partial charge on any atom is -0.368 e. The van der Waals surface area contributed by atoms with Crippen LogP contribution in [0, 0.1) is 11.7 Å². The van der Waals surface area contributed by atoms with Crippen LogP contribution in [0.4, 0.5) is 10.1 Å². The number of amides is 2. The predicted molar refractivity (Wildman–Crippen MR) is 94.8 cm³/mol. The summed E-state index contributed by atoms with van der Waals surface area (Å²) in [6.45, 7) is 6.34. The summed E-state index contributed by atoms with van der Waals surface area (Å²) in [5.41, 5.74) is 0.965. The lowest BCUT2D eigenvalue weighted by Gasteiger charge is -2.36. The van der Waals surface area contributed by atoms with Gasteiger partial charge in [-0.1, -0.05) is 6.92 Å². The second-order valence-corrected chi connectivity index (χ2v) is 7.08. The Morgan fingerprint density at radius 3 is 2.00 bits per heavy atom. The number of hydrogen-bond donors (Lipinski definition) is 0. The van der Waals surface area contributed by atoms with E-state index in [0.717, 1.165) is 31.6 Å². The van der Waals surface area contributed by atoms with Gasteiger partial charge in [0.15, 0.2) is 0 Å². The molecular formula is C19H26FN3O2. The Morgan fingerprint density at radius 2 is 1.44 bits per heavy atom. The monoisotopic (exact) mass is 347 g/mol. The molecule has 25 heavy (non-hydrogen) atoms. The molecule has 0 aliphatic carbocycles. The molecule has 0 N–H and O–H groups in total. The number of likely N-dealkylation sites (tertiary alicyclic amines) is 1. The van der Waals surface area contributed by atoms with Crippen molar-refractivity contribution in [3.8, 4) is 0 Å². The van der Waals surface area contributed by atoms with Crippen LogP contribution in [0.3, 0.4) is 0 Å². The predicted octanol–water partition coefficient (Wildman–Crippen LogP) is 2.12. The molecule has 6 heteroatoms. The van der Waals surface area contributed by atoms with Gasteiger partial charge in [-0.15, -0.1) is 0 Å². The summed E-state index contributed by atoms with van der Waals surface area (Å²) in [4.78, 5) is 30.5. The average molecular weight is 347 g/mol. The highest BCUT2D eigenvalue weighted by atomic mass is 19.1. The summed E-state index contributed by atoms with van der Waals surface area (Å²) in [7, 11) is 0. The molecule has 0 atom stereocenters. The molecule has 136 valence electrons. The van der Waals surface area contributed by atoms with E-state index < -0.39 is 0 Å². The number of hydrogen-bond acceptors (Lipinski definition) is 3. The van der Waals surface area contributed by atoms with Gasteiger partial charge in [0.1, 0.15) is 12.2 Å². The maximum atomic E-state index is 13.0. The van der Waals surface area contributed by atoms with Gasteiger partial charge in [-0.2, -0.15) is 0 Å². The minimum absolute atomic E-state index is 0.0229. The molecule has 0 bridgehead atoms. The highest BCUT2D eigenvalue weighted by molar-refractivity contribution is 5.97. The smallest absolute Gasteiger partial charge is 0.232 e. The number of rotatable bonds is 3. The Labute approximate surface area is 148 Å². The summed E-state index contributed by atoms with van der Waals surface area (Å²) < 4.78 is 13.0. The maximum absolute atomic E-state index is 13.0. The number of carbonyl (C=O) groups is 2. The molecule has 0 saturated carbocycles. The van der Waals surface area contributed by atoms with Gasteiger partial charge in [0, 0.05) is 45.0 Å². The lowest BCUT2D eigenvalue weighted by molar-refractivity contribution is -0.141. The van der Waals surface area contributed by atoms with E-state index in [1.165, 1.54) is 12.1 Å². The van der Waals surface area contributed by atoms with Crippen molar-refractivity contribution in [1.82, 2.24) is 9.80 Å². The first-order valence-corrected chi connectivity index (χ1v) is 9.09. The number of piperidine rings is 1. The zero-order valence-electron chi connectivity index (χ0n) is 14.8. The molecule has 0 unspecified atom stereocenters. The Hall–Kier alpha value is -2.11. The van der Waals surface area contributed by atoms with Crippen LogP contribution in [-0.2, 0) is 9.59 Å². The molecule has 1 aromatic carbocycles. The van der Waals surface area contributed by atoms with Crippen molar-refractivity contribution >= 4 is 17.5 Å². The summed E-state index contributed by atoms with van der Waals surface area (Å²) >= 11 is 0. The molecule has 0 aromatic heterocycles. The molecule has 2 fully saturated rings. The fourth-order valence-electron chi connectivity index (χ4n) is 3.48. The van der Waals surface area contributed by atoms with Gasteiger partial charge in [-0.05, 0) is 43.0 Å². The summed E-state index contributed by atoms with van der Waals surface area (Å²) in [6, 6.07) is 6.41. The third-order valence-corrected chi connectivity index (χ3v) is 5.26. The van der Waals surface area contributed by atoms with Gasteiger partial charge in [0.25, 0.3) is 0 Å². The topological polar surface area (TPSA) is 43.9 Å². The lowest BCUT2D eigenvalue weighted by Crippen LogP contribution is -2.50. The van der Waals surface area contributed by atoms with E-state index in [1.807, 2.05) is 4.90 Å². The molecular weight excluding hydrogens is 321 g/mol. The van der Waals surface area contributed by atoms with Crippen LogP contribution < -0.4 is 4.90 Å². The highest BCUT2D eigenvalue weighted by Crippen LogP contribution is 2.19. The normalized spacial score (nSPS) is 19.2. The molecule has 3 rings (SSSR count). The minimum atomic E-state index is -0.247. The SMILES string of the molecule is CC1CCN(C(=O)CC(=O)N2CCN(c3ccc(F)cc3)CC2)CC1. The first kappa shape index (κ1) is 17.7. The zero-order valence-corrected chi connectivity index (χ0v) is 14.8. The van der Waals surface area contributed by atoms with E-state index in [4.69, 9.17) is 0 Å². The van der Waals surface area contributed by atoms with Gasteiger partial charge in [-0.3, -0.25) is 9.59 Å². The molecule has 2 heterocycles. The van der Waals surface area contributed by atoms with Gasteiger partial charge in [0.2, 0.25) is 11.8 Å². The highest BCUT2D eigenvalue weighted by Gasteiger charge is 2.26. The zero-order chi connectivity index (χ0) is 17.8. The number of piperazine rings is 1. The van der Waals surface area contributed by atoms with Gasteiger partial charge in [-0.25, -0.2) is 4.39 Å². The Morgan fingerprint density at radius 1 is 0.920 bits per heavy atom. The lowest BCUT2D eigenvalue weighted by atomic mass is 9.99. The van der Waals surface area contributed by atoms with Crippen LogP contribution in [0.25, 0.3) is 0 Å². The fourth-order valence-corrected chi connectivity index (χ4v) is 3.48. The third-order valence-electron chi connectivity index (χ3n) is 5.26. The molecule has 0 radical (unpaired) electrons. The standard InChI is InChI=1S/C19H26FN3O2/c1-15-6-8-22(9-7-15)18(24)14-19(25)23-12-10-21(11-13-23)17-4-2-16(20)3-5-17/h2-5,15H,6-14H2,1H3. The summed E-state index contributed by atoms with van der Waals surface area (Å²) in [5.74, 6) is 0.294. The van der Waals surface area contributed by atoms with E-state index in [2.05, 4.69) is 11.8 Å². The average Bonchev–Trinajstić information content (AvgIpc) is 2.63. The van der Waals surface area contributed by atoms with Crippen LogP contribution in [0.5, 0.6) is 0 Å². The molecule has 2 saturated heterocycles. The third kappa shape index (κ3) is 4.50. The van der Waals surface area contributed by atoms with Gasteiger partial charge < -0.3 is 14.7 Å². The van der Waals surface area contributed by atoms with Crippen molar-refractivity contribution in [2.45, 2.75) is 26.2 Å². The largest absolute Gasteiger partial charge is 0.368 e. The number of benzene rings is 1. The Bertz CT molecular complexity index is 604. The molecule has 2 aliphatic rings. The van der Waals surface area contributed by atoms with Gasteiger partial charge >= 0.3 is 0 Å². The molecule has 5 nitrogen and oxygen atoms in total. The Kier molecular flexibility index (Phi) is 5.56. The van der Waals surface area contributed by atoms with Crippen LogP contribution >= 0.6 is 0 Å². The second kappa shape index (κ2) is 7.85. The van der Waals surface area contributed by atoms with E-state index in [9.17, 15) is 14.0 Å². The van der Waals surface area contributed by atoms with Gasteiger partial charge in [0.05, 0.1) is 0 Å². The van der Waals surface area contributed by atoms with E-state index in [-0.39, 0.29) is 24.1 Å². The van der Waals surface area contributed by atoms with Crippen molar-refractivity contribution in [2.24, 2.45) is 5.92 Å². The van der Waals surface area contributed by atoms with Crippen molar-refractivity contribution in [3.63, 3.8) is 0 Å². The molecule has 2 aliphatic heterocycles. The molecule has 0 spiro atoms. The van der Waals surface area contributed by atoms with E-state index in [0.29, 0.717) is 32.1 Å². The number of halogens is 1. The van der Waals surface area contributed by atoms with Crippen LogP contribution in [0.2, 0.25) is 0 Å². The van der Waals surface area contributed by atoms with Crippen molar-refractivity contribution in [1.29, 1.82) is 0 Å². The first-order chi connectivity index (χ1) is 12.0. The van der Waals surface area contributed by atoms with Crippen molar-refractivity contribution in [3.05, 3.63) is 30.1 Å². The van der Waals surface area contributed by atoms with Crippen molar-refractivity contribution < 1.29 is 14.0 Å². The van der Waals surface area contributed by atoms with Crippen LogP contribution in [-0.4, -0.2) is 60.9 Å². The molecule has 2 amide bonds. The number of anilines is 1. The quantitative estimate of drug-likeness (QED) is 0.787. The van der Waals surface area contributed by atoms with Crippen LogP contribution in [0.1, 0.15) is 26.2 Å².